The lowest BCUT2D eigenvalue weighted by Crippen LogP contribution is -2.43. The van der Waals surface area contributed by atoms with Crippen molar-refractivity contribution in [3.63, 3.8) is 0 Å². The van der Waals surface area contributed by atoms with E-state index in [1.807, 2.05) is 18.3 Å². The highest BCUT2D eigenvalue weighted by Crippen LogP contribution is 2.38. The summed E-state index contributed by atoms with van der Waals surface area (Å²) in [5.41, 5.74) is 4.79. The van der Waals surface area contributed by atoms with Crippen molar-refractivity contribution >= 4 is 23.0 Å². The Morgan fingerprint density at radius 2 is 2.14 bits per heavy atom. The zero-order valence-electron chi connectivity index (χ0n) is 17.3. The minimum absolute atomic E-state index is 0.194. The highest BCUT2D eigenvalue weighted by Gasteiger charge is 2.40. The van der Waals surface area contributed by atoms with Crippen LogP contribution >= 0.6 is 0 Å². The van der Waals surface area contributed by atoms with Crippen molar-refractivity contribution < 1.29 is 9.53 Å². The Balaban J connectivity index is 1.47. The fourth-order valence-electron chi connectivity index (χ4n) is 5.03. The molecule has 3 aliphatic rings. The summed E-state index contributed by atoms with van der Waals surface area (Å²) in [7, 11) is 1.73. The van der Waals surface area contributed by atoms with Gasteiger partial charge in [-0.15, -0.1) is 0 Å². The molecule has 5 heteroatoms. The molecule has 2 unspecified atom stereocenters. The maximum atomic E-state index is 13.8. The molecule has 1 saturated carbocycles. The van der Waals surface area contributed by atoms with Gasteiger partial charge in [-0.1, -0.05) is 6.07 Å². The van der Waals surface area contributed by atoms with Crippen LogP contribution in [0.4, 0.5) is 0 Å². The molecule has 0 N–H and O–H groups in total. The molecular formula is C24H29N3O2. The molecule has 1 fully saturated rings. The van der Waals surface area contributed by atoms with E-state index in [-0.39, 0.29) is 11.9 Å². The molecule has 0 radical (unpaired) electrons. The quantitative estimate of drug-likeness (QED) is 0.733. The van der Waals surface area contributed by atoms with Gasteiger partial charge in [0, 0.05) is 48.1 Å². The molecule has 1 amide bonds. The van der Waals surface area contributed by atoms with Gasteiger partial charge >= 0.3 is 0 Å². The number of aliphatic imine (C=N–C) groups is 1. The van der Waals surface area contributed by atoms with Gasteiger partial charge in [0.05, 0.1) is 19.2 Å². The summed E-state index contributed by atoms with van der Waals surface area (Å²) in [6, 6.07) is 9.13. The largest absolute Gasteiger partial charge is 0.383 e. The molecule has 0 saturated heterocycles. The van der Waals surface area contributed by atoms with E-state index in [4.69, 9.17) is 4.74 Å². The van der Waals surface area contributed by atoms with Gasteiger partial charge in [-0.25, -0.2) is 0 Å². The number of fused-ring (bicyclic) bond motifs is 1. The monoisotopic (exact) mass is 391 g/mol. The van der Waals surface area contributed by atoms with E-state index < -0.39 is 0 Å². The normalized spacial score (nSPS) is 22.2. The highest BCUT2D eigenvalue weighted by atomic mass is 16.5. The third-order valence-electron chi connectivity index (χ3n) is 6.66. The number of benzene rings is 1. The second-order valence-electron chi connectivity index (χ2n) is 8.70. The van der Waals surface area contributed by atoms with Gasteiger partial charge in [-0.3, -0.25) is 9.79 Å². The predicted molar refractivity (Wildman–Crippen MR) is 116 cm³/mol. The number of hydrogen-bond donors (Lipinski definition) is 0. The number of ether oxygens (including phenoxy) is 1. The fraction of sp³-hybridized carbons (Fsp3) is 0.500. The van der Waals surface area contributed by atoms with Crippen LogP contribution in [0.25, 0.3) is 10.9 Å². The number of nitrogens with zero attached hydrogens (tertiary/aromatic N) is 3. The summed E-state index contributed by atoms with van der Waals surface area (Å²) in [5.74, 6) is 0.194. The van der Waals surface area contributed by atoms with Crippen molar-refractivity contribution in [3.8, 4) is 0 Å². The second-order valence-corrected chi connectivity index (χ2v) is 8.70. The Morgan fingerprint density at radius 3 is 2.93 bits per heavy atom. The van der Waals surface area contributed by atoms with Gasteiger partial charge < -0.3 is 14.2 Å². The van der Waals surface area contributed by atoms with Crippen molar-refractivity contribution in [3.05, 3.63) is 47.2 Å². The minimum atomic E-state index is 0.194. The van der Waals surface area contributed by atoms with Gasteiger partial charge in [0.1, 0.15) is 0 Å². The molecule has 2 aromatic rings. The standard InChI is InChI=1S/C24H29N3O2/c1-16(15-29-2)26-11-10-21-22(4-3-5-23(21)26)24(28)27(19-8-9-19)20-7-6-17-13-25-14-18(17)12-20/h3-5,10-11,14,16,19-20H,6-9,12-13,15H2,1-2H3. The molecule has 2 heterocycles. The van der Waals surface area contributed by atoms with E-state index in [1.54, 1.807) is 7.11 Å². The molecule has 1 aliphatic heterocycles. The Bertz CT molecular complexity index is 999. The zero-order chi connectivity index (χ0) is 20.0. The zero-order valence-corrected chi connectivity index (χ0v) is 17.3. The van der Waals surface area contributed by atoms with Crippen molar-refractivity contribution in [2.45, 2.75) is 57.2 Å². The summed E-state index contributed by atoms with van der Waals surface area (Å²) in [4.78, 5) is 20.4. The summed E-state index contributed by atoms with van der Waals surface area (Å²) in [5, 5.41) is 1.05. The lowest BCUT2D eigenvalue weighted by molar-refractivity contribution is 0.0647. The first kappa shape index (κ1) is 18.6. The summed E-state index contributed by atoms with van der Waals surface area (Å²) in [6.45, 7) is 3.66. The second kappa shape index (κ2) is 7.45. The Labute approximate surface area is 172 Å². The average molecular weight is 392 g/mol. The first-order valence-corrected chi connectivity index (χ1v) is 10.8. The molecule has 1 aromatic carbocycles. The number of aromatic nitrogens is 1. The minimum Gasteiger partial charge on any atom is -0.383 e. The van der Waals surface area contributed by atoms with E-state index in [1.165, 1.54) is 11.1 Å². The van der Waals surface area contributed by atoms with Crippen molar-refractivity contribution in [2.75, 3.05) is 20.3 Å². The topological polar surface area (TPSA) is 46.8 Å². The molecule has 5 nitrogen and oxygen atoms in total. The smallest absolute Gasteiger partial charge is 0.255 e. The summed E-state index contributed by atoms with van der Waals surface area (Å²) < 4.78 is 7.55. The summed E-state index contributed by atoms with van der Waals surface area (Å²) in [6.07, 6.45) is 9.48. The molecule has 0 bridgehead atoms. The maximum absolute atomic E-state index is 13.8. The van der Waals surface area contributed by atoms with Crippen molar-refractivity contribution in [1.82, 2.24) is 9.47 Å². The molecule has 5 rings (SSSR count). The number of hydrogen-bond acceptors (Lipinski definition) is 3. The number of amides is 1. The van der Waals surface area contributed by atoms with Crippen LogP contribution in [-0.2, 0) is 4.74 Å². The van der Waals surface area contributed by atoms with Gasteiger partial charge in [0.15, 0.2) is 0 Å². The third kappa shape index (κ3) is 3.31. The first-order chi connectivity index (χ1) is 14.2. The molecule has 2 aliphatic carbocycles. The van der Waals surface area contributed by atoms with Crippen LogP contribution in [0, 0.1) is 0 Å². The molecule has 1 aromatic heterocycles. The van der Waals surface area contributed by atoms with Crippen molar-refractivity contribution in [2.24, 2.45) is 4.99 Å². The van der Waals surface area contributed by atoms with Gasteiger partial charge in [-0.2, -0.15) is 0 Å². The van der Waals surface area contributed by atoms with E-state index in [0.29, 0.717) is 18.7 Å². The molecule has 2 atom stereocenters. The van der Waals surface area contributed by atoms with E-state index in [2.05, 4.69) is 39.7 Å². The first-order valence-electron chi connectivity index (χ1n) is 10.8. The molecule has 0 spiro atoms. The van der Waals surface area contributed by atoms with Crippen LogP contribution in [0.1, 0.15) is 55.4 Å². The van der Waals surface area contributed by atoms with Crippen LogP contribution in [-0.4, -0.2) is 53.9 Å². The van der Waals surface area contributed by atoms with Crippen LogP contribution in [0.3, 0.4) is 0 Å². The average Bonchev–Trinajstić information content (AvgIpc) is 3.27. The summed E-state index contributed by atoms with van der Waals surface area (Å²) >= 11 is 0. The van der Waals surface area contributed by atoms with Gasteiger partial charge in [0.2, 0.25) is 0 Å². The Hall–Kier alpha value is -2.40. The van der Waals surface area contributed by atoms with Crippen LogP contribution in [0.15, 0.2) is 46.6 Å². The van der Waals surface area contributed by atoms with Gasteiger partial charge in [-0.05, 0) is 68.4 Å². The lowest BCUT2D eigenvalue weighted by Gasteiger charge is -2.35. The number of carbonyl (C=O) groups excluding carboxylic acids is 1. The molecular weight excluding hydrogens is 362 g/mol. The van der Waals surface area contributed by atoms with Gasteiger partial charge in [0.25, 0.3) is 5.91 Å². The van der Waals surface area contributed by atoms with E-state index in [0.717, 1.165) is 55.1 Å². The molecule has 152 valence electrons. The number of rotatable bonds is 6. The molecule has 29 heavy (non-hydrogen) atoms. The Morgan fingerprint density at radius 1 is 1.28 bits per heavy atom. The number of methoxy groups -OCH3 is 1. The predicted octanol–water partition coefficient (Wildman–Crippen LogP) is 4.39. The van der Waals surface area contributed by atoms with Crippen molar-refractivity contribution in [1.29, 1.82) is 0 Å². The highest BCUT2D eigenvalue weighted by molar-refractivity contribution is 6.07. The maximum Gasteiger partial charge on any atom is 0.255 e. The SMILES string of the molecule is COCC(C)n1ccc2c(C(=O)N(C3CC3)C3CCC4=C(C=NC4)C3)cccc21. The van der Waals surface area contributed by atoms with E-state index >= 15 is 0 Å². The van der Waals surface area contributed by atoms with Crippen LogP contribution in [0.5, 0.6) is 0 Å². The van der Waals surface area contributed by atoms with Crippen LogP contribution in [0.2, 0.25) is 0 Å². The van der Waals surface area contributed by atoms with Crippen LogP contribution < -0.4 is 0 Å². The Kier molecular flexibility index (Phi) is 4.78. The lowest BCUT2D eigenvalue weighted by atomic mass is 9.88. The fourth-order valence-corrected chi connectivity index (χ4v) is 5.03. The van der Waals surface area contributed by atoms with E-state index in [9.17, 15) is 4.79 Å². The third-order valence-corrected chi connectivity index (χ3v) is 6.66. The number of carbonyl (C=O) groups is 1.